The molecule has 1 heterocycles. The quantitative estimate of drug-likeness (QED) is 0.236. The van der Waals surface area contributed by atoms with Crippen molar-refractivity contribution >= 4 is 29.3 Å². The van der Waals surface area contributed by atoms with Crippen molar-refractivity contribution in [2.24, 2.45) is 5.92 Å². The maximum Gasteiger partial charge on any atom is 0.245 e. The maximum atomic E-state index is 13.3. The van der Waals surface area contributed by atoms with E-state index < -0.39 is 35.4 Å². The highest BCUT2D eigenvalue weighted by Gasteiger charge is 2.36. The molecule has 38 heavy (non-hydrogen) atoms. The summed E-state index contributed by atoms with van der Waals surface area (Å²) in [6.07, 6.45) is 3.52. The molecule has 1 aromatic carbocycles. The van der Waals surface area contributed by atoms with Crippen molar-refractivity contribution in [1.82, 2.24) is 15.5 Å². The second kappa shape index (κ2) is 14.8. The topological polar surface area (TPSA) is 133 Å². The number of rotatable bonds is 15. The summed E-state index contributed by atoms with van der Waals surface area (Å²) in [7, 11) is 0. The fourth-order valence-corrected chi connectivity index (χ4v) is 4.55. The third-order valence-corrected chi connectivity index (χ3v) is 7.00. The van der Waals surface area contributed by atoms with E-state index in [0.717, 1.165) is 18.4 Å². The SMILES string of the molecule is CC(=O)[C@@H](CCCCCC(=O)[C@@H](C)O)C(=O)NC(C)(C)C(=O)N[C@@H](Cc1ccccc1)C(=O)N1CCCC1. The van der Waals surface area contributed by atoms with Crippen molar-refractivity contribution in [1.29, 1.82) is 0 Å². The lowest BCUT2D eigenvalue weighted by Crippen LogP contribution is -2.60. The number of nitrogens with one attached hydrogen (secondary N) is 2. The van der Waals surface area contributed by atoms with Gasteiger partial charge in [0.15, 0.2) is 5.78 Å². The van der Waals surface area contributed by atoms with Gasteiger partial charge >= 0.3 is 0 Å². The van der Waals surface area contributed by atoms with Gasteiger partial charge in [-0.2, -0.15) is 0 Å². The number of carbonyl (C=O) groups excluding carboxylic acids is 5. The number of unbranched alkanes of at least 4 members (excludes halogenated alkanes) is 2. The Morgan fingerprint density at radius 3 is 2.21 bits per heavy atom. The van der Waals surface area contributed by atoms with E-state index in [2.05, 4.69) is 10.6 Å². The van der Waals surface area contributed by atoms with Crippen molar-refractivity contribution in [2.75, 3.05) is 13.1 Å². The van der Waals surface area contributed by atoms with E-state index in [0.29, 0.717) is 45.2 Å². The van der Waals surface area contributed by atoms with E-state index in [9.17, 15) is 29.1 Å². The van der Waals surface area contributed by atoms with Gasteiger partial charge in [0.05, 0.1) is 5.92 Å². The van der Waals surface area contributed by atoms with Gasteiger partial charge in [0, 0.05) is 25.9 Å². The van der Waals surface area contributed by atoms with Crippen LogP contribution < -0.4 is 10.6 Å². The summed E-state index contributed by atoms with van der Waals surface area (Å²) in [6, 6.07) is 8.69. The Morgan fingerprint density at radius 2 is 1.63 bits per heavy atom. The number of likely N-dealkylation sites (tertiary alicyclic amines) is 1. The standard InChI is InChI=1S/C29H43N3O6/c1-20(33)23(15-9-6-10-16-25(35)21(2)34)26(36)31-29(3,4)28(38)30-24(19-22-13-7-5-8-14-22)27(37)32-17-11-12-18-32/h5,7-8,13-14,21,23-24,34H,6,9-12,15-19H2,1-4H3,(H,30,38)(H,31,36)/t21-,23-,24+/m1/s1. The van der Waals surface area contributed by atoms with E-state index in [4.69, 9.17) is 0 Å². The summed E-state index contributed by atoms with van der Waals surface area (Å²) in [5, 5.41) is 14.8. The van der Waals surface area contributed by atoms with Crippen LogP contribution in [0.2, 0.25) is 0 Å². The fraction of sp³-hybridized carbons (Fsp3) is 0.621. The van der Waals surface area contributed by atoms with Gasteiger partial charge in [-0.3, -0.25) is 24.0 Å². The summed E-state index contributed by atoms with van der Waals surface area (Å²) in [6.45, 7) is 7.21. The fourth-order valence-electron chi connectivity index (χ4n) is 4.55. The zero-order chi connectivity index (χ0) is 28.3. The lowest BCUT2D eigenvalue weighted by atomic mass is 9.93. The van der Waals surface area contributed by atoms with E-state index in [1.807, 2.05) is 30.3 Å². The smallest absolute Gasteiger partial charge is 0.245 e. The lowest BCUT2D eigenvalue weighted by Gasteiger charge is -2.31. The van der Waals surface area contributed by atoms with E-state index in [1.54, 1.807) is 18.7 Å². The van der Waals surface area contributed by atoms with Gasteiger partial charge in [-0.1, -0.05) is 43.2 Å². The monoisotopic (exact) mass is 529 g/mol. The number of hydrogen-bond acceptors (Lipinski definition) is 6. The van der Waals surface area contributed by atoms with Gasteiger partial charge in [0.1, 0.15) is 23.5 Å². The minimum Gasteiger partial charge on any atom is -0.386 e. The highest BCUT2D eigenvalue weighted by molar-refractivity contribution is 6.02. The molecule has 1 saturated heterocycles. The van der Waals surface area contributed by atoms with Crippen molar-refractivity contribution in [3.05, 3.63) is 35.9 Å². The first-order valence-corrected chi connectivity index (χ1v) is 13.6. The van der Waals surface area contributed by atoms with Crippen LogP contribution in [0.15, 0.2) is 30.3 Å². The molecule has 0 aliphatic carbocycles. The van der Waals surface area contributed by atoms with Gasteiger partial charge < -0.3 is 20.6 Å². The zero-order valence-electron chi connectivity index (χ0n) is 23.1. The molecule has 1 aromatic rings. The van der Waals surface area contributed by atoms with Gasteiger partial charge in [-0.05, 0) is 58.9 Å². The van der Waals surface area contributed by atoms with Crippen LogP contribution in [-0.2, 0) is 30.4 Å². The summed E-state index contributed by atoms with van der Waals surface area (Å²) in [4.78, 5) is 65.1. The van der Waals surface area contributed by atoms with Gasteiger partial charge in [0.25, 0.3) is 0 Å². The number of Topliss-reactive ketones (excluding diaryl/α,β-unsaturated/α-hetero) is 2. The molecular weight excluding hydrogens is 486 g/mol. The molecule has 9 heteroatoms. The number of hydrogen-bond donors (Lipinski definition) is 3. The number of carbonyl (C=O) groups is 5. The predicted molar refractivity (Wildman–Crippen MR) is 144 cm³/mol. The van der Waals surface area contributed by atoms with Gasteiger partial charge in [-0.15, -0.1) is 0 Å². The first kappa shape index (κ1) is 31.1. The summed E-state index contributed by atoms with van der Waals surface area (Å²) >= 11 is 0. The number of benzene rings is 1. The van der Waals surface area contributed by atoms with Crippen molar-refractivity contribution in [3.63, 3.8) is 0 Å². The van der Waals surface area contributed by atoms with Crippen molar-refractivity contribution in [3.8, 4) is 0 Å². The Morgan fingerprint density at radius 1 is 1.00 bits per heavy atom. The van der Waals surface area contributed by atoms with E-state index in [1.165, 1.54) is 13.8 Å². The molecule has 3 N–H and O–H groups in total. The predicted octanol–water partition coefficient (Wildman–Crippen LogP) is 2.34. The molecule has 0 spiro atoms. The normalized spacial score (nSPS) is 15.9. The van der Waals surface area contributed by atoms with Crippen LogP contribution in [0.4, 0.5) is 0 Å². The largest absolute Gasteiger partial charge is 0.386 e. The number of aliphatic hydroxyl groups excluding tert-OH is 1. The van der Waals surface area contributed by atoms with Gasteiger partial charge in [0.2, 0.25) is 17.7 Å². The molecule has 2 rings (SSSR count). The molecule has 0 aromatic heterocycles. The summed E-state index contributed by atoms with van der Waals surface area (Å²) < 4.78 is 0. The molecule has 210 valence electrons. The van der Waals surface area contributed by atoms with Crippen LogP contribution in [-0.4, -0.2) is 70.1 Å². The molecule has 3 atom stereocenters. The Hall–Kier alpha value is -3.07. The minimum atomic E-state index is -1.35. The molecule has 0 saturated carbocycles. The summed E-state index contributed by atoms with van der Waals surface area (Å²) in [5.41, 5.74) is -0.437. The first-order chi connectivity index (χ1) is 17.9. The molecule has 1 aliphatic heterocycles. The van der Waals surface area contributed by atoms with Crippen LogP contribution in [0, 0.1) is 5.92 Å². The Balaban J connectivity index is 2.00. The first-order valence-electron chi connectivity index (χ1n) is 13.6. The molecule has 0 unspecified atom stereocenters. The van der Waals surface area contributed by atoms with Crippen molar-refractivity contribution in [2.45, 2.75) is 96.7 Å². The molecule has 0 radical (unpaired) electrons. The number of ketones is 2. The molecule has 1 fully saturated rings. The van der Waals surface area contributed by atoms with Crippen LogP contribution in [0.3, 0.4) is 0 Å². The lowest BCUT2D eigenvalue weighted by molar-refractivity contribution is -0.140. The third-order valence-electron chi connectivity index (χ3n) is 7.00. The third kappa shape index (κ3) is 9.67. The molecule has 3 amide bonds. The number of nitrogens with zero attached hydrogens (tertiary/aromatic N) is 1. The van der Waals surface area contributed by atoms with Crippen LogP contribution in [0.5, 0.6) is 0 Å². The van der Waals surface area contributed by atoms with Crippen LogP contribution in [0.25, 0.3) is 0 Å². The average Bonchev–Trinajstić information content (AvgIpc) is 3.40. The molecule has 9 nitrogen and oxygen atoms in total. The zero-order valence-corrected chi connectivity index (χ0v) is 23.1. The van der Waals surface area contributed by atoms with Crippen LogP contribution in [0.1, 0.15) is 78.2 Å². The number of amides is 3. The van der Waals surface area contributed by atoms with Crippen LogP contribution >= 0.6 is 0 Å². The van der Waals surface area contributed by atoms with E-state index in [-0.39, 0.29) is 23.9 Å². The highest BCUT2D eigenvalue weighted by Crippen LogP contribution is 2.17. The second-order valence-electron chi connectivity index (χ2n) is 10.8. The Labute approximate surface area is 225 Å². The van der Waals surface area contributed by atoms with Crippen molar-refractivity contribution < 1.29 is 29.1 Å². The molecule has 0 bridgehead atoms. The molecular formula is C29H43N3O6. The Bertz CT molecular complexity index is 970. The number of aliphatic hydroxyl groups is 1. The highest BCUT2D eigenvalue weighted by atomic mass is 16.3. The summed E-state index contributed by atoms with van der Waals surface area (Å²) in [5.74, 6) is -2.63. The second-order valence-corrected chi connectivity index (χ2v) is 10.8. The minimum absolute atomic E-state index is 0.141. The Kier molecular flexibility index (Phi) is 12.1. The maximum absolute atomic E-state index is 13.3. The van der Waals surface area contributed by atoms with Gasteiger partial charge in [-0.25, -0.2) is 0 Å². The average molecular weight is 530 g/mol. The molecule has 1 aliphatic rings. The van der Waals surface area contributed by atoms with E-state index >= 15 is 0 Å².